The number of nitro benzene ring substituents is 1. The van der Waals surface area contributed by atoms with Crippen molar-refractivity contribution >= 4 is 30.0 Å². The summed E-state index contributed by atoms with van der Waals surface area (Å²) in [6.07, 6.45) is 1.44. The average molecular weight is 470 g/mol. The molecule has 12 heteroatoms. The summed E-state index contributed by atoms with van der Waals surface area (Å²) in [5.41, 5.74) is -1.08. The van der Waals surface area contributed by atoms with Crippen LogP contribution in [0.15, 0.2) is 21.7 Å². The van der Waals surface area contributed by atoms with Gasteiger partial charge in [0.15, 0.2) is 0 Å². The van der Waals surface area contributed by atoms with E-state index in [9.17, 15) is 24.3 Å². The number of aryl methyl sites for hydroxylation is 1. The number of anilines is 1. The van der Waals surface area contributed by atoms with E-state index in [2.05, 4.69) is 4.98 Å². The molecule has 0 bridgehead atoms. The third kappa shape index (κ3) is 5.85. The van der Waals surface area contributed by atoms with E-state index in [-0.39, 0.29) is 37.1 Å². The first kappa shape index (κ1) is 25.8. The summed E-state index contributed by atoms with van der Waals surface area (Å²) < 4.78 is 24.6. The van der Waals surface area contributed by atoms with Crippen molar-refractivity contribution in [2.24, 2.45) is 0 Å². The number of aromatic amines is 1. The molecule has 0 saturated heterocycles. The number of nitrogens with zero attached hydrogens (tertiary/aromatic N) is 3. The van der Waals surface area contributed by atoms with Crippen molar-refractivity contribution in [3.05, 3.63) is 43.0 Å². The summed E-state index contributed by atoms with van der Waals surface area (Å²) in [5, 5.41) is 11.8. The van der Waals surface area contributed by atoms with E-state index < -0.39 is 23.6 Å². The van der Waals surface area contributed by atoms with Gasteiger partial charge in [-0.15, -0.1) is 0 Å². The van der Waals surface area contributed by atoms with Crippen LogP contribution in [-0.2, 0) is 20.2 Å². The third-order valence-electron chi connectivity index (χ3n) is 4.84. The largest absolute Gasteiger partial charge is 0.366 e. The van der Waals surface area contributed by atoms with Crippen LogP contribution in [0.3, 0.4) is 0 Å². The van der Waals surface area contributed by atoms with Crippen molar-refractivity contribution in [3.8, 4) is 0 Å². The minimum atomic E-state index is -3.47. The first-order chi connectivity index (χ1) is 15.2. The fourth-order valence-electron chi connectivity index (χ4n) is 3.59. The number of nitrogens with one attached hydrogen (secondary N) is 1. The molecule has 0 saturated carbocycles. The lowest BCUT2D eigenvalue weighted by molar-refractivity contribution is -0.384. The molecule has 0 aliphatic carbocycles. The lowest BCUT2D eigenvalue weighted by Gasteiger charge is -2.24. The van der Waals surface area contributed by atoms with Crippen LogP contribution in [-0.4, -0.2) is 46.9 Å². The molecule has 1 N–H and O–H groups in total. The number of nitro groups is 1. The molecule has 1 aromatic carbocycles. The Kier molecular flexibility index (Phi) is 9.18. The highest BCUT2D eigenvalue weighted by Crippen LogP contribution is 2.48. The van der Waals surface area contributed by atoms with E-state index in [1.54, 1.807) is 19.9 Å². The maximum atomic E-state index is 12.9. The molecule has 0 aliphatic heterocycles. The normalized spacial score (nSPS) is 11.8. The average Bonchev–Trinajstić information content (AvgIpc) is 2.73. The van der Waals surface area contributed by atoms with Crippen molar-refractivity contribution in [1.29, 1.82) is 0 Å². The second-order valence-electron chi connectivity index (χ2n) is 7.18. The molecule has 0 unspecified atom stereocenters. The van der Waals surface area contributed by atoms with Crippen LogP contribution in [0.2, 0.25) is 0 Å². The number of hydrogen-bond acceptors (Lipinski definition) is 8. The Balaban J connectivity index is 2.69. The molecular weight excluding hydrogens is 439 g/mol. The first-order valence-electron chi connectivity index (χ1n) is 10.8. The van der Waals surface area contributed by atoms with E-state index >= 15 is 0 Å². The summed E-state index contributed by atoms with van der Waals surface area (Å²) in [5.74, 6) is 0. The van der Waals surface area contributed by atoms with E-state index in [0.717, 1.165) is 12.8 Å². The second-order valence-corrected chi connectivity index (χ2v) is 9.37. The van der Waals surface area contributed by atoms with Crippen LogP contribution < -0.4 is 16.0 Å². The molecule has 11 nitrogen and oxygen atoms in total. The van der Waals surface area contributed by atoms with Gasteiger partial charge in [-0.25, -0.2) is 0 Å². The van der Waals surface area contributed by atoms with Gasteiger partial charge >= 0.3 is 18.7 Å². The standard InChI is InChI=1S/C20H31N4O7P/c1-5-9-22(10-6-2)17-14-16-15(13-18(17)24(27)28)21-19(25)20(26)23(16)11-12-32(29,30-7-3)31-8-4/h13-14H,5-12H2,1-4H3,(H,21,25). The lowest BCUT2D eigenvalue weighted by atomic mass is 10.2. The monoisotopic (exact) mass is 470 g/mol. The van der Waals surface area contributed by atoms with Gasteiger partial charge in [-0.2, -0.15) is 0 Å². The first-order valence-corrected chi connectivity index (χ1v) is 12.5. The number of hydrogen-bond donors (Lipinski definition) is 1. The van der Waals surface area contributed by atoms with Gasteiger partial charge in [0, 0.05) is 25.7 Å². The Morgan fingerprint density at radius 1 is 1.09 bits per heavy atom. The van der Waals surface area contributed by atoms with E-state index in [4.69, 9.17) is 9.05 Å². The molecule has 0 fully saturated rings. The summed E-state index contributed by atoms with van der Waals surface area (Å²) >= 11 is 0. The van der Waals surface area contributed by atoms with Gasteiger partial charge in [-0.1, -0.05) is 13.8 Å². The molecule has 2 rings (SSSR count). The molecular formula is C20H31N4O7P. The molecule has 0 amide bonds. The second kappa shape index (κ2) is 11.4. The van der Waals surface area contributed by atoms with Crippen molar-refractivity contribution < 1.29 is 18.5 Å². The molecule has 178 valence electrons. The molecule has 1 heterocycles. The minimum absolute atomic E-state index is 0.102. The van der Waals surface area contributed by atoms with Crippen molar-refractivity contribution in [2.45, 2.75) is 47.1 Å². The zero-order valence-electron chi connectivity index (χ0n) is 19.0. The predicted molar refractivity (Wildman–Crippen MR) is 124 cm³/mol. The number of H-pyrrole nitrogens is 1. The maximum Gasteiger partial charge on any atom is 0.332 e. The Morgan fingerprint density at radius 2 is 1.69 bits per heavy atom. The highest BCUT2D eigenvalue weighted by Gasteiger charge is 2.26. The third-order valence-corrected chi connectivity index (χ3v) is 6.90. The summed E-state index contributed by atoms with van der Waals surface area (Å²) in [6.45, 7) is 8.74. The van der Waals surface area contributed by atoms with Crippen molar-refractivity contribution in [2.75, 3.05) is 37.4 Å². The van der Waals surface area contributed by atoms with Crippen LogP contribution in [0.4, 0.5) is 11.4 Å². The molecule has 0 aliphatic rings. The van der Waals surface area contributed by atoms with Crippen LogP contribution >= 0.6 is 7.60 Å². The quantitative estimate of drug-likeness (QED) is 0.203. The highest BCUT2D eigenvalue weighted by molar-refractivity contribution is 7.53. The summed E-state index contributed by atoms with van der Waals surface area (Å²) in [4.78, 5) is 40.5. The fraction of sp³-hybridized carbons (Fsp3) is 0.600. The van der Waals surface area contributed by atoms with E-state index in [1.165, 1.54) is 10.6 Å². The van der Waals surface area contributed by atoms with Gasteiger partial charge in [0.05, 0.1) is 35.3 Å². The van der Waals surface area contributed by atoms with Crippen LogP contribution in [0, 0.1) is 10.1 Å². The Morgan fingerprint density at radius 3 is 2.19 bits per heavy atom. The molecule has 0 atom stereocenters. The molecule has 0 spiro atoms. The molecule has 32 heavy (non-hydrogen) atoms. The van der Waals surface area contributed by atoms with Gasteiger partial charge in [0.1, 0.15) is 5.69 Å². The van der Waals surface area contributed by atoms with Gasteiger partial charge < -0.3 is 23.5 Å². The zero-order valence-corrected chi connectivity index (χ0v) is 19.9. The topological polar surface area (TPSA) is 137 Å². The van der Waals surface area contributed by atoms with E-state index in [0.29, 0.717) is 24.3 Å². The fourth-order valence-corrected chi connectivity index (χ4v) is 5.16. The smallest absolute Gasteiger partial charge is 0.332 e. The number of fused-ring (bicyclic) bond motifs is 1. The van der Waals surface area contributed by atoms with E-state index in [1.807, 2.05) is 18.7 Å². The lowest BCUT2D eigenvalue weighted by Crippen LogP contribution is -2.37. The molecule has 1 aromatic heterocycles. The number of rotatable bonds is 13. The van der Waals surface area contributed by atoms with Gasteiger partial charge in [-0.05, 0) is 32.8 Å². The Labute approximate surface area is 186 Å². The maximum absolute atomic E-state index is 12.9. The number of benzene rings is 1. The number of aromatic nitrogens is 2. The molecule has 2 aromatic rings. The summed E-state index contributed by atoms with van der Waals surface area (Å²) in [7, 11) is -3.47. The van der Waals surface area contributed by atoms with Crippen LogP contribution in [0.5, 0.6) is 0 Å². The Bertz CT molecular complexity index is 1100. The zero-order chi connectivity index (χ0) is 23.9. The highest BCUT2D eigenvalue weighted by atomic mass is 31.2. The van der Waals surface area contributed by atoms with Gasteiger partial charge in [0.2, 0.25) is 0 Å². The van der Waals surface area contributed by atoms with Crippen LogP contribution in [0.1, 0.15) is 40.5 Å². The van der Waals surface area contributed by atoms with Crippen molar-refractivity contribution in [1.82, 2.24) is 9.55 Å². The summed E-state index contributed by atoms with van der Waals surface area (Å²) in [6, 6.07) is 2.81. The predicted octanol–water partition coefficient (Wildman–Crippen LogP) is 3.49. The molecule has 0 radical (unpaired) electrons. The Hall–Kier alpha value is -2.49. The minimum Gasteiger partial charge on any atom is -0.366 e. The van der Waals surface area contributed by atoms with Gasteiger partial charge in [-0.3, -0.25) is 24.3 Å². The van der Waals surface area contributed by atoms with Crippen LogP contribution in [0.25, 0.3) is 11.0 Å². The van der Waals surface area contributed by atoms with Gasteiger partial charge in [0.25, 0.3) is 5.69 Å². The van der Waals surface area contributed by atoms with Crippen molar-refractivity contribution in [3.63, 3.8) is 0 Å². The SMILES string of the molecule is CCCN(CCC)c1cc2c(cc1[N+](=O)[O-])[nH]c(=O)c(=O)n2CCP(=O)(OCC)OCC.